The van der Waals surface area contributed by atoms with Crippen LogP contribution in [0.5, 0.6) is 0 Å². The van der Waals surface area contributed by atoms with Crippen LogP contribution in [0.2, 0.25) is 0 Å². The zero-order valence-corrected chi connectivity index (χ0v) is 11.3. The quantitative estimate of drug-likeness (QED) is 0.721. The van der Waals surface area contributed by atoms with Crippen LogP contribution in [0.4, 0.5) is 0 Å². The smallest absolute Gasteiger partial charge is 0.0800 e. The molecule has 0 radical (unpaired) electrons. The molecular weight excluding hydrogens is 244 g/mol. The Morgan fingerprint density at radius 1 is 0.944 bits per heavy atom. The second-order valence-electron chi connectivity index (χ2n) is 4.15. The predicted molar refractivity (Wildman–Crippen MR) is 70.9 cm³/mol. The van der Waals surface area contributed by atoms with Crippen molar-refractivity contribution in [3.63, 3.8) is 0 Å². The van der Waals surface area contributed by atoms with Crippen molar-refractivity contribution in [3.8, 4) is 11.1 Å². The minimum absolute atomic E-state index is 0. The fraction of sp³-hybridized carbons (Fsp3) is 0.200. The van der Waals surface area contributed by atoms with Crippen LogP contribution in [0.1, 0.15) is 24.9 Å². The standard InChI is InChI=1S/C15H18N2.ClH/c1-2-15(17-16)14-10-8-13(9-11-14)12-6-4-3-5-7-12;/h3-11,15,17H,2,16H2,1H3;1H. The summed E-state index contributed by atoms with van der Waals surface area (Å²) < 4.78 is 0. The zero-order valence-electron chi connectivity index (χ0n) is 10.6. The summed E-state index contributed by atoms with van der Waals surface area (Å²) in [5, 5.41) is 0. The molecule has 4 N–H and O–H groups in total. The molecule has 0 aliphatic heterocycles. The highest BCUT2D eigenvalue weighted by atomic mass is 35.5. The Hall–Kier alpha value is -1.35. The van der Waals surface area contributed by atoms with Crippen molar-refractivity contribution in [2.75, 3.05) is 0 Å². The zero-order chi connectivity index (χ0) is 12.1. The SMILES string of the molecule is CCC(N[NH3+])c1ccc(-c2ccccc2)cc1.[Cl-]. The van der Waals surface area contributed by atoms with Gasteiger partial charge in [0.1, 0.15) is 0 Å². The highest BCUT2D eigenvalue weighted by molar-refractivity contribution is 5.63. The van der Waals surface area contributed by atoms with Gasteiger partial charge < -0.3 is 12.4 Å². The van der Waals surface area contributed by atoms with E-state index in [0.29, 0.717) is 6.04 Å². The molecule has 18 heavy (non-hydrogen) atoms. The molecule has 0 aromatic heterocycles. The minimum atomic E-state index is 0. The average Bonchev–Trinajstić information content (AvgIpc) is 2.42. The molecule has 0 heterocycles. The Bertz CT molecular complexity index is 450. The first-order valence-electron chi connectivity index (χ1n) is 6.03. The molecule has 2 nitrogen and oxygen atoms in total. The van der Waals surface area contributed by atoms with Gasteiger partial charge in [0.2, 0.25) is 0 Å². The summed E-state index contributed by atoms with van der Waals surface area (Å²) in [7, 11) is 0. The number of hydrogen-bond acceptors (Lipinski definition) is 1. The van der Waals surface area contributed by atoms with Crippen LogP contribution in [0.25, 0.3) is 11.1 Å². The van der Waals surface area contributed by atoms with Gasteiger partial charge in [-0.15, -0.1) is 0 Å². The number of hydrogen-bond donors (Lipinski definition) is 2. The van der Waals surface area contributed by atoms with Crippen LogP contribution in [-0.4, -0.2) is 0 Å². The van der Waals surface area contributed by atoms with Crippen molar-refractivity contribution in [1.82, 2.24) is 5.43 Å². The minimum Gasteiger partial charge on any atom is -1.00 e. The topological polar surface area (TPSA) is 39.7 Å². The molecule has 2 rings (SSSR count). The lowest BCUT2D eigenvalue weighted by atomic mass is 10.00. The largest absolute Gasteiger partial charge is 1.00 e. The maximum absolute atomic E-state index is 3.76. The van der Waals surface area contributed by atoms with E-state index in [2.05, 4.69) is 66.7 Å². The third-order valence-electron chi connectivity index (χ3n) is 3.07. The van der Waals surface area contributed by atoms with E-state index in [0.717, 1.165) is 6.42 Å². The summed E-state index contributed by atoms with van der Waals surface area (Å²) in [6.45, 7) is 2.16. The fourth-order valence-electron chi connectivity index (χ4n) is 2.04. The lowest BCUT2D eigenvalue weighted by Gasteiger charge is -2.12. The molecule has 2 aromatic rings. The summed E-state index contributed by atoms with van der Waals surface area (Å²) in [6, 6.07) is 19.5. The van der Waals surface area contributed by atoms with Crippen molar-refractivity contribution >= 4 is 0 Å². The van der Waals surface area contributed by atoms with Gasteiger partial charge in [-0.1, -0.05) is 61.5 Å². The van der Waals surface area contributed by atoms with Gasteiger partial charge in [-0.2, -0.15) is 5.43 Å². The molecule has 2 aromatic carbocycles. The summed E-state index contributed by atoms with van der Waals surface area (Å²) in [4.78, 5) is 0. The monoisotopic (exact) mass is 262 g/mol. The number of halogens is 1. The Morgan fingerprint density at radius 2 is 1.50 bits per heavy atom. The Morgan fingerprint density at radius 3 is 2.00 bits per heavy atom. The number of nitrogens with one attached hydrogen (secondary N) is 1. The van der Waals surface area contributed by atoms with E-state index in [1.165, 1.54) is 16.7 Å². The molecule has 0 bridgehead atoms. The molecule has 0 fully saturated rings. The summed E-state index contributed by atoms with van der Waals surface area (Å²) in [5.41, 5.74) is 6.89. The number of benzene rings is 2. The van der Waals surface area contributed by atoms with Gasteiger partial charge >= 0.3 is 0 Å². The third-order valence-corrected chi connectivity index (χ3v) is 3.07. The van der Waals surface area contributed by atoms with E-state index in [9.17, 15) is 0 Å². The van der Waals surface area contributed by atoms with Gasteiger partial charge in [0.25, 0.3) is 0 Å². The van der Waals surface area contributed by atoms with Gasteiger partial charge in [0.05, 0.1) is 6.04 Å². The van der Waals surface area contributed by atoms with E-state index >= 15 is 0 Å². The first-order valence-corrected chi connectivity index (χ1v) is 6.03. The van der Waals surface area contributed by atoms with Gasteiger partial charge in [-0.25, -0.2) is 0 Å². The summed E-state index contributed by atoms with van der Waals surface area (Å²) >= 11 is 0. The van der Waals surface area contributed by atoms with Gasteiger partial charge in [0, 0.05) is 0 Å². The van der Waals surface area contributed by atoms with E-state index in [4.69, 9.17) is 0 Å². The lowest BCUT2D eigenvalue weighted by Crippen LogP contribution is -3.00. The van der Waals surface area contributed by atoms with E-state index in [1.54, 1.807) is 0 Å². The van der Waals surface area contributed by atoms with Crippen molar-refractivity contribution in [3.05, 3.63) is 60.2 Å². The van der Waals surface area contributed by atoms with Crippen molar-refractivity contribution < 1.29 is 18.2 Å². The fourth-order valence-corrected chi connectivity index (χ4v) is 2.04. The van der Waals surface area contributed by atoms with Crippen LogP contribution in [0.15, 0.2) is 54.6 Å². The molecular formula is C15H19ClN2. The van der Waals surface area contributed by atoms with Gasteiger partial charge in [-0.05, 0) is 23.1 Å². The first kappa shape index (κ1) is 14.7. The van der Waals surface area contributed by atoms with Crippen LogP contribution in [0, 0.1) is 0 Å². The average molecular weight is 263 g/mol. The third kappa shape index (κ3) is 3.33. The molecule has 1 unspecified atom stereocenters. The van der Waals surface area contributed by atoms with Gasteiger partial charge in [0.15, 0.2) is 0 Å². The molecule has 0 saturated carbocycles. The highest BCUT2D eigenvalue weighted by Gasteiger charge is 2.08. The molecule has 0 saturated heterocycles. The van der Waals surface area contributed by atoms with E-state index in [1.807, 2.05) is 6.07 Å². The number of rotatable bonds is 4. The Kier molecular flexibility index (Phi) is 5.86. The summed E-state index contributed by atoms with van der Waals surface area (Å²) in [6.07, 6.45) is 1.05. The van der Waals surface area contributed by atoms with Crippen LogP contribution >= 0.6 is 0 Å². The van der Waals surface area contributed by atoms with Crippen LogP contribution < -0.4 is 23.7 Å². The van der Waals surface area contributed by atoms with Crippen LogP contribution in [0.3, 0.4) is 0 Å². The van der Waals surface area contributed by atoms with Crippen molar-refractivity contribution in [1.29, 1.82) is 0 Å². The second-order valence-corrected chi connectivity index (χ2v) is 4.15. The number of quaternary nitrogens is 1. The maximum atomic E-state index is 3.76. The molecule has 0 spiro atoms. The normalized spacial score (nSPS) is 11.7. The lowest BCUT2D eigenvalue weighted by molar-refractivity contribution is -0.453. The van der Waals surface area contributed by atoms with E-state index in [-0.39, 0.29) is 12.4 Å². The molecule has 1 atom stereocenters. The Balaban J connectivity index is 0.00000162. The maximum Gasteiger partial charge on any atom is 0.0800 e. The molecule has 0 aliphatic carbocycles. The summed E-state index contributed by atoms with van der Waals surface area (Å²) in [5.74, 6) is 3.76. The first-order chi connectivity index (χ1) is 8.35. The van der Waals surface area contributed by atoms with Gasteiger partial charge in [-0.3, -0.25) is 5.84 Å². The highest BCUT2D eigenvalue weighted by Crippen LogP contribution is 2.22. The van der Waals surface area contributed by atoms with Crippen molar-refractivity contribution in [2.45, 2.75) is 19.4 Å². The molecule has 96 valence electrons. The second kappa shape index (κ2) is 7.17. The Labute approximate surface area is 115 Å². The van der Waals surface area contributed by atoms with Crippen molar-refractivity contribution in [2.24, 2.45) is 0 Å². The van der Waals surface area contributed by atoms with E-state index < -0.39 is 0 Å². The molecule has 0 amide bonds. The predicted octanol–water partition coefficient (Wildman–Crippen LogP) is -0.445. The molecule has 3 heteroatoms. The molecule has 0 aliphatic rings. The van der Waals surface area contributed by atoms with Crippen LogP contribution in [-0.2, 0) is 0 Å².